The summed E-state index contributed by atoms with van der Waals surface area (Å²) in [4.78, 5) is 24.9. The molecule has 2 nitrogen and oxygen atoms in total. The van der Waals surface area contributed by atoms with Crippen molar-refractivity contribution < 1.29 is 9.59 Å². The minimum absolute atomic E-state index is 0.170. The third kappa shape index (κ3) is 5.84. The lowest BCUT2D eigenvalue weighted by molar-refractivity contribution is -0.128. The molecule has 0 aliphatic heterocycles. The van der Waals surface area contributed by atoms with Gasteiger partial charge in [-0.05, 0) is 38.5 Å². The average molecular weight is 367 g/mol. The highest BCUT2D eigenvalue weighted by Crippen LogP contribution is 2.41. The maximum Gasteiger partial charge on any atom is 0.140 e. The van der Waals surface area contributed by atoms with Crippen molar-refractivity contribution in [3.8, 4) is 0 Å². The lowest BCUT2D eigenvalue weighted by Crippen LogP contribution is -2.36. The summed E-state index contributed by atoms with van der Waals surface area (Å²) in [5.41, 5.74) is -0.170. The first-order chi connectivity index (χ1) is 12.2. The summed E-state index contributed by atoms with van der Waals surface area (Å²) in [5, 5.41) is 0.454. The van der Waals surface area contributed by atoms with Gasteiger partial charge in [0.1, 0.15) is 12.1 Å². The highest BCUT2D eigenvalue weighted by atomic mass is 32.2. The van der Waals surface area contributed by atoms with Gasteiger partial charge in [-0.3, -0.25) is 4.79 Å². The van der Waals surface area contributed by atoms with E-state index in [0.29, 0.717) is 17.0 Å². The fourth-order valence-corrected chi connectivity index (χ4v) is 6.44. The summed E-state index contributed by atoms with van der Waals surface area (Å²) in [7, 11) is 0. The van der Waals surface area contributed by atoms with Crippen LogP contribution >= 0.6 is 11.8 Å². The van der Waals surface area contributed by atoms with Crippen molar-refractivity contribution in [2.75, 3.05) is 5.75 Å². The van der Waals surface area contributed by atoms with Crippen molar-refractivity contribution >= 4 is 23.8 Å². The van der Waals surface area contributed by atoms with Crippen LogP contribution in [0, 0.1) is 17.3 Å². The molecule has 0 aromatic heterocycles. The number of carbonyl (C=O) groups excluding carboxylic acids is 2. The molecule has 3 unspecified atom stereocenters. The fraction of sp³-hybridized carbons (Fsp3) is 0.909. The Kier molecular flexibility index (Phi) is 9.02. The van der Waals surface area contributed by atoms with Gasteiger partial charge in [-0.1, -0.05) is 58.8 Å². The Bertz CT molecular complexity index is 416. The standard InChI is InChI=1S/C22H38O2S/c1-3-5-15-22(4-2,16-23)17-25-20-14-10-9-13-19(20)21(24)18-11-7-6-8-12-18/h16,18-20H,3-15,17H2,1-2H3. The van der Waals surface area contributed by atoms with Crippen molar-refractivity contribution in [2.45, 2.75) is 103 Å². The first-order valence-corrected chi connectivity index (χ1v) is 11.8. The van der Waals surface area contributed by atoms with Crippen molar-refractivity contribution in [1.29, 1.82) is 0 Å². The van der Waals surface area contributed by atoms with E-state index in [9.17, 15) is 9.59 Å². The van der Waals surface area contributed by atoms with Gasteiger partial charge in [0.15, 0.2) is 0 Å². The summed E-state index contributed by atoms with van der Waals surface area (Å²) in [5.74, 6) is 2.07. The largest absolute Gasteiger partial charge is 0.303 e. The van der Waals surface area contributed by atoms with E-state index >= 15 is 0 Å². The molecule has 2 aliphatic rings. The smallest absolute Gasteiger partial charge is 0.140 e. The van der Waals surface area contributed by atoms with Crippen molar-refractivity contribution in [3.63, 3.8) is 0 Å². The van der Waals surface area contributed by atoms with Gasteiger partial charge in [-0.25, -0.2) is 0 Å². The first kappa shape index (κ1) is 21.0. The van der Waals surface area contributed by atoms with Gasteiger partial charge >= 0.3 is 0 Å². The van der Waals surface area contributed by atoms with Gasteiger partial charge < -0.3 is 4.79 Å². The maximum atomic E-state index is 13.1. The predicted molar refractivity (Wildman–Crippen MR) is 108 cm³/mol. The summed E-state index contributed by atoms with van der Waals surface area (Å²) < 4.78 is 0. The zero-order valence-electron chi connectivity index (χ0n) is 16.4. The number of aldehydes is 1. The molecule has 0 aromatic carbocycles. The molecule has 0 radical (unpaired) electrons. The molecule has 0 saturated heterocycles. The zero-order valence-corrected chi connectivity index (χ0v) is 17.3. The molecule has 0 spiro atoms. The van der Waals surface area contributed by atoms with E-state index < -0.39 is 0 Å². The van der Waals surface area contributed by atoms with Crippen molar-refractivity contribution in [3.05, 3.63) is 0 Å². The lowest BCUT2D eigenvalue weighted by Gasteiger charge is -2.36. The Morgan fingerprint density at radius 1 is 1.04 bits per heavy atom. The molecular formula is C22H38O2S. The number of thioether (sulfide) groups is 1. The molecule has 0 N–H and O–H groups in total. The number of Topliss-reactive ketones (excluding diaryl/α,β-unsaturated/α-hetero) is 1. The summed E-state index contributed by atoms with van der Waals surface area (Å²) >= 11 is 1.95. The molecule has 144 valence electrons. The monoisotopic (exact) mass is 366 g/mol. The van der Waals surface area contributed by atoms with Gasteiger partial charge in [0.05, 0.1) is 0 Å². The lowest BCUT2D eigenvalue weighted by atomic mass is 9.76. The molecular weight excluding hydrogens is 328 g/mol. The third-order valence-corrected chi connectivity index (χ3v) is 8.38. The van der Waals surface area contributed by atoms with Crippen molar-refractivity contribution in [1.82, 2.24) is 0 Å². The van der Waals surface area contributed by atoms with E-state index in [0.717, 1.165) is 50.7 Å². The van der Waals surface area contributed by atoms with Crippen molar-refractivity contribution in [2.24, 2.45) is 17.3 Å². The van der Waals surface area contributed by atoms with E-state index in [-0.39, 0.29) is 11.3 Å². The third-order valence-electron chi connectivity index (χ3n) is 6.64. The molecule has 0 aromatic rings. The maximum absolute atomic E-state index is 13.1. The quantitative estimate of drug-likeness (QED) is 0.431. The molecule has 2 aliphatic carbocycles. The van der Waals surface area contributed by atoms with Crippen LogP contribution in [-0.2, 0) is 9.59 Å². The van der Waals surface area contributed by atoms with Crippen LogP contribution in [0.5, 0.6) is 0 Å². The number of unbranched alkanes of at least 4 members (excludes halogenated alkanes) is 1. The van der Waals surface area contributed by atoms with Crippen LogP contribution in [-0.4, -0.2) is 23.1 Å². The second-order valence-corrected chi connectivity index (χ2v) is 9.64. The van der Waals surface area contributed by atoms with E-state index in [1.807, 2.05) is 11.8 Å². The van der Waals surface area contributed by atoms with Crippen LogP contribution in [0.25, 0.3) is 0 Å². The minimum atomic E-state index is -0.170. The fourth-order valence-electron chi connectivity index (χ4n) is 4.64. The molecule has 0 bridgehead atoms. The topological polar surface area (TPSA) is 34.1 Å². The summed E-state index contributed by atoms with van der Waals surface area (Å²) in [6.45, 7) is 4.34. The van der Waals surface area contributed by atoms with E-state index in [4.69, 9.17) is 0 Å². The SMILES string of the molecule is CCCCC(C=O)(CC)CSC1CCCCC1C(=O)C1CCCCC1. The number of hydrogen-bond donors (Lipinski definition) is 0. The van der Waals surface area contributed by atoms with Gasteiger partial charge in [0, 0.05) is 28.3 Å². The Labute approximate surface area is 159 Å². The molecule has 2 fully saturated rings. The van der Waals surface area contributed by atoms with Gasteiger partial charge in [0.25, 0.3) is 0 Å². The average Bonchev–Trinajstić information content (AvgIpc) is 2.69. The molecule has 3 heteroatoms. The molecule has 0 heterocycles. The molecule has 3 atom stereocenters. The Hall–Kier alpha value is -0.310. The Morgan fingerprint density at radius 3 is 2.36 bits per heavy atom. The minimum Gasteiger partial charge on any atom is -0.303 e. The molecule has 2 rings (SSSR count). The van der Waals surface area contributed by atoms with Crippen LogP contribution in [0.4, 0.5) is 0 Å². The van der Waals surface area contributed by atoms with Crippen LogP contribution in [0.1, 0.15) is 97.3 Å². The normalized spacial score (nSPS) is 27.6. The van der Waals surface area contributed by atoms with Gasteiger partial charge in [-0.2, -0.15) is 11.8 Å². The van der Waals surface area contributed by atoms with E-state index in [1.165, 1.54) is 44.8 Å². The summed E-state index contributed by atoms with van der Waals surface area (Å²) in [6.07, 6.45) is 16.2. The zero-order chi connectivity index (χ0) is 18.1. The number of ketones is 1. The van der Waals surface area contributed by atoms with Crippen LogP contribution in [0.15, 0.2) is 0 Å². The highest BCUT2D eigenvalue weighted by molar-refractivity contribution is 8.00. The van der Waals surface area contributed by atoms with Gasteiger partial charge in [-0.15, -0.1) is 0 Å². The first-order valence-electron chi connectivity index (χ1n) is 10.8. The molecule has 25 heavy (non-hydrogen) atoms. The van der Waals surface area contributed by atoms with Crippen LogP contribution in [0.2, 0.25) is 0 Å². The van der Waals surface area contributed by atoms with Crippen LogP contribution < -0.4 is 0 Å². The molecule has 0 amide bonds. The van der Waals surface area contributed by atoms with Gasteiger partial charge in [0.2, 0.25) is 0 Å². The molecule has 2 saturated carbocycles. The van der Waals surface area contributed by atoms with Crippen LogP contribution in [0.3, 0.4) is 0 Å². The van der Waals surface area contributed by atoms with E-state index in [2.05, 4.69) is 13.8 Å². The Balaban J connectivity index is 1.97. The van der Waals surface area contributed by atoms with E-state index in [1.54, 1.807) is 0 Å². The number of carbonyl (C=O) groups is 2. The number of hydrogen-bond acceptors (Lipinski definition) is 3. The number of rotatable bonds is 10. The Morgan fingerprint density at radius 2 is 1.72 bits per heavy atom. The summed E-state index contributed by atoms with van der Waals surface area (Å²) in [6, 6.07) is 0. The second kappa shape index (κ2) is 10.7. The predicted octanol–water partition coefficient (Wildman–Crippen LogP) is 6.21. The second-order valence-electron chi connectivity index (χ2n) is 8.42. The highest BCUT2D eigenvalue weighted by Gasteiger charge is 2.37.